The third-order valence-electron chi connectivity index (χ3n) is 4.03. The Morgan fingerprint density at radius 3 is 1.60 bits per heavy atom. The molecule has 0 spiro atoms. The van der Waals surface area contributed by atoms with Gasteiger partial charge in [0.15, 0.2) is 8.32 Å². The van der Waals surface area contributed by atoms with Crippen molar-refractivity contribution in [3.8, 4) is 11.8 Å². The average Bonchev–Trinajstić information content (AvgIpc) is 2.48. The maximum atomic E-state index is 6.70. The van der Waals surface area contributed by atoms with E-state index in [2.05, 4.69) is 39.5 Å². The van der Waals surface area contributed by atoms with Gasteiger partial charge >= 0.3 is 0 Å². The largest absolute Gasteiger partial charge is 0.403 e. The van der Waals surface area contributed by atoms with E-state index in [0.717, 1.165) is 6.42 Å². The smallest absolute Gasteiger partial charge is 0.194 e. The van der Waals surface area contributed by atoms with Gasteiger partial charge in [-0.05, 0) is 31.5 Å². The summed E-state index contributed by atoms with van der Waals surface area (Å²) in [6.07, 6.45) is 9.05. The molecule has 0 aliphatic heterocycles. The molecule has 0 aromatic heterocycles. The second kappa shape index (κ2) is 12.5. The van der Waals surface area contributed by atoms with Crippen molar-refractivity contribution in [3.05, 3.63) is 0 Å². The van der Waals surface area contributed by atoms with Gasteiger partial charge in [0.2, 0.25) is 0 Å². The SMILES string of the molecule is CC#CC(CC)O[Si](CCCC)(CCCC)CCCC. The van der Waals surface area contributed by atoms with Gasteiger partial charge in [-0.1, -0.05) is 72.1 Å². The molecule has 0 bridgehead atoms. The molecule has 0 aromatic rings. The molecule has 0 aromatic carbocycles. The van der Waals surface area contributed by atoms with E-state index >= 15 is 0 Å². The van der Waals surface area contributed by atoms with Crippen LogP contribution in [0, 0.1) is 11.8 Å². The molecule has 0 saturated heterocycles. The second-order valence-electron chi connectivity index (χ2n) is 5.90. The first-order chi connectivity index (χ1) is 9.67. The lowest BCUT2D eigenvalue weighted by Gasteiger charge is -2.34. The normalized spacial score (nSPS) is 12.8. The Morgan fingerprint density at radius 2 is 1.30 bits per heavy atom. The van der Waals surface area contributed by atoms with Gasteiger partial charge < -0.3 is 4.43 Å². The van der Waals surface area contributed by atoms with Crippen molar-refractivity contribution in [2.45, 2.75) is 104 Å². The monoisotopic (exact) mass is 296 g/mol. The molecule has 1 unspecified atom stereocenters. The fraction of sp³-hybridized carbons (Fsp3) is 0.889. The Hall–Kier alpha value is -0.263. The summed E-state index contributed by atoms with van der Waals surface area (Å²) in [5, 5.41) is 0. The van der Waals surface area contributed by atoms with Gasteiger partial charge in [0.25, 0.3) is 0 Å². The highest BCUT2D eigenvalue weighted by atomic mass is 28.4. The van der Waals surface area contributed by atoms with Crippen molar-refractivity contribution in [1.82, 2.24) is 0 Å². The van der Waals surface area contributed by atoms with E-state index in [1.807, 2.05) is 6.92 Å². The van der Waals surface area contributed by atoms with Crippen molar-refractivity contribution in [1.29, 1.82) is 0 Å². The van der Waals surface area contributed by atoms with Crippen LogP contribution >= 0.6 is 0 Å². The van der Waals surface area contributed by atoms with Crippen molar-refractivity contribution in [2.75, 3.05) is 0 Å². The summed E-state index contributed by atoms with van der Waals surface area (Å²) < 4.78 is 6.70. The highest BCUT2D eigenvalue weighted by Gasteiger charge is 2.35. The van der Waals surface area contributed by atoms with Gasteiger partial charge in [0.1, 0.15) is 6.10 Å². The maximum Gasteiger partial charge on any atom is 0.194 e. The van der Waals surface area contributed by atoms with Crippen LogP contribution in [0.5, 0.6) is 0 Å². The lowest BCUT2D eigenvalue weighted by Crippen LogP contribution is -2.41. The molecular weight excluding hydrogens is 260 g/mol. The molecule has 118 valence electrons. The summed E-state index contributed by atoms with van der Waals surface area (Å²) >= 11 is 0. The third-order valence-corrected chi connectivity index (χ3v) is 8.61. The van der Waals surface area contributed by atoms with Crippen molar-refractivity contribution < 1.29 is 4.43 Å². The van der Waals surface area contributed by atoms with Gasteiger partial charge in [-0.15, -0.1) is 5.92 Å². The van der Waals surface area contributed by atoms with Crippen LogP contribution in [0.2, 0.25) is 18.1 Å². The highest BCUT2D eigenvalue weighted by Crippen LogP contribution is 2.31. The minimum Gasteiger partial charge on any atom is -0.403 e. The van der Waals surface area contributed by atoms with Gasteiger partial charge in [-0.3, -0.25) is 0 Å². The first-order valence-electron chi connectivity index (χ1n) is 8.78. The molecule has 0 amide bonds. The van der Waals surface area contributed by atoms with Crippen molar-refractivity contribution >= 4 is 8.32 Å². The van der Waals surface area contributed by atoms with Gasteiger partial charge in [0.05, 0.1) is 0 Å². The zero-order valence-corrected chi connectivity index (χ0v) is 15.6. The molecule has 0 saturated carbocycles. The minimum absolute atomic E-state index is 0.178. The summed E-state index contributed by atoms with van der Waals surface area (Å²) in [5.41, 5.74) is 0. The molecule has 0 aliphatic carbocycles. The molecule has 0 N–H and O–H groups in total. The average molecular weight is 297 g/mol. The van der Waals surface area contributed by atoms with Crippen LogP contribution in [0.4, 0.5) is 0 Å². The van der Waals surface area contributed by atoms with E-state index in [9.17, 15) is 0 Å². The predicted molar refractivity (Wildman–Crippen MR) is 93.5 cm³/mol. The molecule has 0 rings (SSSR count). The quantitative estimate of drug-likeness (QED) is 0.310. The summed E-state index contributed by atoms with van der Waals surface area (Å²) in [4.78, 5) is 0. The second-order valence-corrected chi connectivity index (χ2v) is 10.0. The van der Waals surface area contributed by atoms with E-state index in [1.54, 1.807) is 0 Å². The predicted octanol–water partition coefficient (Wildman–Crippen LogP) is 6.15. The first kappa shape index (κ1) is 19.7. The number of hydrogen-bond acceptors (Lipinski definition) is 1. The van der Waals surface area contributed by atoms with Gasteiger partial charge in [-0.2, -0.15) is 0 Å². The Bertz CT molecular complexity index is 255. The topological polar surface area (TPSA) is 9.23 Å². The maximum absolute atomic E-state index is 6.70. The van der Waals surface area contributed by atoms with Crippen LogP contribution in [0.25, 0.3) is 0 Å². The Balaban J connectivity index is 4.92. The standard InChI is InChI=1S/C18H36OSi/c1-6-11-15-20(16-12-7-2,17-13-8-3)19-18(10-5)14-9-4/h18H,6-8,10-13,15-17H2,1-5H3. The van der Waals surface area contributed by atoms with Crippen LogP contribution in [0.3, 0.4) is 0 Å². The van der Waals surface area contributed by atoms with Crippen LogP contribution in [-0.2, 0) is 4.43 Å². The molecule has 1 atom stereocenters. The molecule has 0 heterocycles. The Morgan fingerprint density at radius 1 is 0.850 bits per heavy atom. The molecule has 1 nitrogen and oxygen atoms in total. The molecule has 0 radical (unpaired) electrons. The lowest BCUT2D eigenvalue weighted by molar-refractivity contribution is 0.233. The molecule has 20 heavy (non-hydrogen) atoms. The van der Waals surface area contributed by atoms with Crippen LogP contribution in [0.15, 0.2) is 0 Å². The number of hydrogen-bond donors (Lipinski definition) is 0. The third kappa shape index (κ3) is 8.12. The molecule has 0 aliphatic rings. The Kier molecular flexibility index (Phi) is 12.3. The number of unbranched alkanes of at least 4 members (excludes halogenated alkanes) is 3. The van der Waals surface area contributed by atoms with Crippen LogP contribution in [0.1, 0.15) is 79.6 Å². The zero-order valence-electron chi connectivity index (χ0n) is 14.6. The summed E-state index contributed by atoms with van der Waals surface area (Å²) in [7, 11) is -1.58. The van der Waals surface area contributed by atoms with Crippen molar-refractivity contribution in [2.24, 2.45) is 0 Å². The Labute approximate surface area is 129 Å². The molecular formula is C18H36OSi. The summed E-state index contributed by atoms with van der Waals surface area (Å²) in [5.74, 6) is 6.34. The highest BCUT2D eigenvalue weighted by molar-refractivity contribution is 6.73. The molecule has 0 fully saturated rings. The fourth-order valence-corrected chi connectivity index (χ4v) is 7.65. The van der Waals surface area contributed by atoms with E-state index in [-0.39, 0.29) is 6.10 Å². The molecule has 2 heteroatoms. The van der Waals surface area contributed by atoms with Crippen LogP contribution in [-0.4, -0.2) is 14.4 Å². The van der Waals surface area contributed by atoms with E-state index in [4.69, 9.17) is 4.43 Å². The van der Waals surface area contributed by atoms with E-state index in [0.29, 0.717) is 0 Å². The number of rotatable bonds is 12. The van der Waals surface area contributed by atoms with E-state index < -0.39 is 8.32 Å². The van der Waals surface area contributed by atoms with Gasteiger partial charge in [-0.25, -0.2) is 0 Å². The van der Waals surface area contributed by atoms with Gasteiger partial charge in [0, 0.05) is 0 Å². The van der Waals surface area contributed by atoms with Crippen molar-refractivity contribution in [3.63, 3.8) is 0 Å². The van der Waals surface area contributed by atoms with E-state index in [1.165, 1.54) is 56.7 Å². The first-order valence-corrected chi connectivity index (χ1v) is 11.3. The fourth-order valence-electron chi connectivity index (χ4n) is 2.73. The summed E-state index contributed by atoms with van der Waals surface area (Å²) in [6, 6.07) is 4.02. The summed E-state index contributed by atoms with van der Waals surface area (Å²) in [6.45, 7) is 11.0. The zero-order chi connectivity index (χ0) is 15.3. The lowest BCUT2D eigenvalue weighted by atomic mass is 10.3. The van der Waals surface area contributed by atoms with Crippen LogP contribution < -0.4 is 0 Å². The minimum atomic E-state index is -1.58.